The van der Waals surface area contributed by atoms with Gasteiger partial charge >= 0.3 is 29.6 Å². The van der Waals surface area contributed by atoms with Crippen LogP contribution >= 0.6 is 9.24 Å². The van der Waals surface area contributed by atoms with Crippen molar-refractivity contribution in [2.45, 2.75) is 65.0 Å². The molecule has 0 aromatic rings. The summed E-state index contributed by atoms with van der Waals surface area (Å²) in [6, 6.07) is 0. The molecule has 2 atom stereocenters. The van der Waals surface area contributed by atoms with Gasteiger partial charge < -0.3 is 4.55 Å². The summed E-state index contributed by atoms with van der Waals surface area (Å²) < 4.78 is 32.8. The molecule has 0 bridgehead atoms. The Morgan fingerprint density at radius 2 is 1.67 bits per heavy atom. The molecule has 7 heteroatoms. The maximum atomic E-state index is 8.63. The van der Waals surface area contributed by atoms with Gasteiger partial charge in [0.1, 0.15) is 0 Å². The predicted octanol–water partition coefficient (Wildman–Crippen LogP) is 0.255. The van der Waals surface area contributed by atoms with E-state index in [4.69, 9.17) is 17.5 Å². The Labute approximate surface area is 137 Å². The quantitative estimate of drug-likeness (QED) is 0.251. The zero-order valence-electron chi connectivity index (χ0n) is 12.3. The first-order valence-electron chi connectivity index (χ1n) is 5.95. The van der Waals surface area contributed by atoms with Crippen molar-refractivity contribution in [2.24, 2.45) is 5.92 Å². The van der Waals surface area contributed by atoms with Crippen LogP contribution in [0.4, 0.5) is 0 Å². The molecular formula is C11H26NaO4PS. The molecule has 1 N–H and O–H groups in total. The van der Waals surface area contributed by atoms with Gasteiger partial charge in [-0.05, 0) is 17.5 Å². The van der Waals surface area contributed by atoms with Gasteiger partial charge in [0.15, 0.2) is 0 Å². The summed E-state index contributed by atoms with van der Waals surface area (Å²) in [6.45, 7) is 9.24. The van der Waals surface area contributed by atoms with Crippen molar-refractivity contribution in [3.05, 3.63) is 0 Å². The first kappa shape index (κ1) is 24.3. The normalized spacial score (nSPS) is 13.1. The molecule has 18 heavy (non-hydrogen) atoms. The molecule has 4 nitrogen and oxygen atoms in total. The average molecular weight is 308 g/mol. The second-order valence-electron chi connectivity index (χ2n) is 5.00. The Morgan fingerprint density at radius 1 is 1.28 bits per heavy atom. The summed E-state index contributed by atoms with van der Waals surface area (Å²) in [5.74, 6) is 0.833. The van der Waals surface area contributed by atoms with Crippen molar-refractivity contribution in [2.75, 3.05) is 0 Å². The fourth-order valence-electron chi connectivity index (χ4n) is 1.25. The zero-order valence-corrected chi connectivity index (χ0v) is 16.2. The smallest absolute Gasteiger partial charge is 0.726 e. The second kappa shape index (κ2) is 12.1. The van der Waals surface area contributed by atoms with Gasteiger partial charge in [-0.1, -0.05) is 53.4 Å². The second-order valence-corrected chi connectivity index (χ2v) is 7.34. The largest absolute Gasteiger partial charge is 1.00 e. The molecule has 0 aliphatic rings. The average Bonchev–Trinajstić information content (AvgIpc) is 2.07. The van der Waals surface area contributed by atoms with Gasteiger partial charge in [-0.25, -0.2) is 8.42 Å². The van der Waals surface area contributed by atoms with Crippen LogP contribution in [0.3, 0.4) is 0 Å². The molecule has 0 spiro atoms. The fraction of sp³-hybridized carbons (Fsp3) is 1.00. The van der Waals surface area contributed by atoms with Gasteiger partial charge in [-0.3, -0.25) is 4.55 Å². The van der Waals surface area contributed by atoms with Gasteiger partial charge in [0.2, 0.25) is 10.4 Å². The number of unbranched alkanes of at least 4 members (excludes halogenated alkanes) is 3. The van der Waals surface area contributed by atoms with Gasteiger partial charge in [0.25, 0.3) is 0 Å². The van der Waals surface area contributed by atoms with E-state index in [0.717, 1.165) is 5.92 Å². The van der Waals surface area contributed by atoms with E-state index in [0.29, 0.717) is 5.16 Å². The van der Waals surface area contributed by atoms with Gasteiger partial charge in [0.05, 0.1) is 0 Å². The summed E-state index contributed by atoms with van der Waals surface area (Å²) >= 11 is 0. The topological polar surface area (TPSA) is 77.4 Å². The predicted molar refractivity (Wildman–Crippen MR) is 74.0 cm³/mol. The van der Waals surface area contributed by atoms with Gasteiger partial charge in [-0.2, -0.15) is 0 Å². The van der Waals surface area contributed by atoms with Crippen molar-refractivity contribution in [3.63, 3.8) is 0 Å². The van der Waals surface area contributed by atoms with Crippen LogP contribution in [0.2, 0.25) is 0 Å². The van der Waals surface area contributed by atoms with Crippen LogP contribution in [-0.2, 0) is 10.4 Å². The van der Waals surface area contributed by atoms with Gasteiger partial charge in [-0.15, -0.1) is 9.24 Å². The third-order valence-electron chi connectivity index (χ3n) is 2.76. The van der Waals surface area contributed by atoms with E-state index < -0.39 is 10.4 Å². The van der Waals surface area contributed by atoms with Crippen molar-refractivity contribution >= 4 is 19.6 Å². The molecule has 0 fully saturated rings. The molecule has 0 radical (unpaired) electrons. The summed E-state index contributed by atoms with van der Waals surface area (Å²) in [4.78, 5) is 0. The molecule has 2 unspecified atom stereocenters. The Morgan fingerprint density at radius 3 is 1.94 bits per heavy atom. The molecule has 0 aromatic carbocycles. The monoisotopic (exact) mass is 308 g/mol. The van der Waals surface area contributed by atoms with Crippen molar-refractivity contribution in [1.82, 2.24) is 0 Å². The first-order valence-corrected chi connectivity index (χ1v) is 7.90. The maximum absolute atomic E-state index is 8.63. The van der Waals surface area contributed by atoms with Crippen molar-refractivity contribution in [3.8, 4) is 0 Å². The minimum absolute atomic E-state index is 0. The van der Waals surface area contributed by atoms with E-state index in [9.17, 15) is 0 Å². The molecule has 0 rings (SSSR count). The summed E-state index contributed by atoms with van der Waals surface area (Å²) in [5, 5.41) is 0.423. The van der Waals surface area contributed by atoms with E-state index in [2.05, 4.69) is 36.9 Å². The van der Waals surface area contributed by atoms with E-state index in [-0.39, 0.29) is 29.6 Å². The van der Waals surface area contributed by atoms with Crippen LogP contribution in [0, 0.1) is 5.92 Å². The minimum atomic E-state index is -4.92. The first-order chi connectivity index (χ1) is 7.48. The van der Waals surface area contributed by atoms with Crippen LogP contribution in [0.15, 0.2) is 0 Å². The Bertz CT molecular complexity index is 267. The van der Waals surface area contributed by atoms with E-state index in [1.165, 1.54) is 32.1 Å². The van der Waals surface area contributed by atoms with Gasteiger partial charge in [0, 0.05) is 0 Å². The van der Waals surface area contributed by atoms with Crippen LogP contribution in [0.5, 0.6) is 0 Å². The molecule has 0 aliphatic heterocycles. The van der Waals surface area contributed by atoms with Crippen LogP contribution in [0.25, 0.3) is 0 Å². The zero-order chi connectivity index (χ0) is 14.1. The summed E-state index contributed by atoms with van der Waals surface area (Å²) in [7, 11) is -1.96. The fourth-order valence-corrected chi connectivity index (χ4v) is 1.42. The third-order valence-corrected chi connectivity index (χ3v) is 3.33. The van der Waals surface area contributed by atoms with E-state index >= 15 is 0 Å². The summed E-state index contributed by atoms with van der Waals surface area (Å²) in [6.07, 6.45) is 6.97. The van der Waals surface area contributed by atoms with Crippen molar-refractivity contribution < 1.29 is 47.1 Å². The molecule has 0 saturated carbocycles. The maximum Gasteiger partial charge on any atom is 1.00 e. The third kappa shape index (κ3) is 26.0. The standard InChI is InChI=1S/C11H25P.Na.H2O4S/c1-5-6-7-8-9-10(2)11(3,4)12;;1-5(2,3)4/h10H,5-9,12H2,1-4H3;;(H2,1,2,3,4)/q;+1;/p-1. The Kier molecular flexibility index (Phi) is 16.3. The molecule has 106 valence electrons. The van der Waals surface area contributed by atoms with Crippen molar-refractivity contribution in [1.29, 1.82) is 0 Å². The number of hydrogen-bond acceptors (Lipinski definition) is 3. The van der Waals surface area contributed by atoms with Crippen LogP contribution in [0.1, 0.15) is 59.8 Å². The molecular weight excluding hydrogens is 282 g/mol. The molecule has 0 heterocycles. The Balaban J connectivity index is -0.000000321. The Hall–Kier alpha value is 1.30. The SMILES string of the molecule is CCCCCCC(C)C(C)(C)P.O=S(=O)([O-])O.[Na+]. The molecule has 0 aromatic heterocycles. The van der Waals surface area contributed by atoms with Crippen LogP contribution in [-0.4, -0.2) is 22.7 Å². The molecule has 0 amide bonds. The summed E-state index contributed by atoms with van der Waals surface area (Å²) in [5.41, 5.74) is 0. The molecule has 0 saturated heterocycles. The van der Waals surface area contributed by atoms with E-state index in [1.54, 1.807) is 0 Å². The van der Waals surface area contributed by atoms with E-state index in [1.807, 2.05) is 0 Å². The molecule has 0 aliphatic carbocycles. The number of rotatable bonds is 6. The minimum Gasteiger partial charge on any atom is -0.726 e. The number of hydrogen-bond donors (Lipinski definition) is 1. The van der Waals surface area contributed by atoms with Crippen LogP contribution < -0.4 is 29.6 Å².